The van der Waals surface area contributed by atoms with Gasteiger partial charge in [0, 0.05) is 11.6 Å². The molecule has 1 saturated carbocycles. The average Bonchev–Trinajstić information content (AvgIpc) is 3.07. The second-order valence-electron chi connectivity index (χ2n) is 5.29. The van der Waals surface area contributed by atoms with Crippen LogP contribution in [0.4, 0.5) is 5.13 Å². The van der Waals surface area contributed by atoms with Gasteiger partial charge in [0.2, 0.25) is 0 Å². The van der Waals surface area contributed by atoms with Crippen molar-refractivity contribution in [1.82, 2.24) is 10.3 Å². The van der Waals surface area contributed by atoms with Crippen molar-refractivity contribution in [3.63, 3.8) is 0 Å². The molecule has 5 heteroatoms. The maximum atomic E-state index is 12.1. The van der Waals surface area contributed by atoms with Gasteiger partial charge < -0.3 is 11.1 Å². The van der Waals surface area contributed by atoms with Gasteiger partial charge in [-0.25, -0.2) is 4.98 Å². The zero-order valence-electron chi connectivity index (χ0n) is 10.8. The molecule has 1 aliphatic carbocycles. The summed E-state index contributed by atoms with van der Waals surface area (Å²) in [6.45, 7) is 2.07. The number of hydrogen-bond acceptors (Lipinski definition) is 4. The third kappa shape index (κ3) is 2.87. The minimum atomic E-state index is -0.0120. The Morgan fingerprint density at radius 1 is 1.58 bits per heavy atom. The van der Waals surface area contributed by atoms with Crippen molar-refractivity contribution in [3.8, 4) is 0 Å². The average molecular weight is 275 g/mol. The third-order valence-corrected chi connectivity index (χ3v) is 4.28. The van der Waals surface area contributed by atoms with Gasteiger partial charge in [-0.1, -0.05) is 24.2 Å². The van der Waals surface area contributed by atoms with Crippen LogP contribution in [-0.2, 0) is 0 Å². The molecular formula is C14H17N3OS. The molecule has 1 atom stereocenters. The Hall–Kier alpha value is -1.62. The van der Waals surface area contributed by atoms with Crippen molar-refractivity contribution in [2.75, 3.05) is 5.73 Å². The first-order chi connectivity index (χ1) is 9.11. The van der Waals surface area contributed by atoms with Gasteiger partial charge in [-0.15, -0.1) is 0 Å². The van der Waals surface area contributed by atoms with E-state index in [0.29, 0.717) is 10.7 Å². The summed E-state index contributed by atoms with van der Waals surface area (Å²) in [4.78, 5) is 16.3. The smallest absolute Gasteiger partial charge is 0.251 e. The molecule has 0 radical (unpaired) electrons. The standard InChI is InChI=1S/C14H17N3OS/c1-8(6-9-2-3-9)16-13(18)10-4-5-11-12(7-10)19-14(15)17-11/h4-5,7-9H,2-3,6H2,1H3,(H2,15,17)(H,16,18). The molecule has 3 rings (SSSR count). The van der Waals surface area contributed by atoms with Gasteiger partial charge in [-0.05, 0) is 37.5 Å². The molecule has 1 amide bonds. The number of nitrogen functional groups attached to an aromatic ring is 1. The summed E-state index contributed by atoms with van der Waals surface area (Å²) in [6.07, 6.45) is 3.71. The topological polar surface area (TPSA) is 68.0 Å². The Balaban J connectivity index is 1.72. The van der Waals surface area contributed by atoms with Gasteiger partial charge in [-0.3, -0.25) is 4.79 Å². The fourth-order valence-corrected chi connectivity index (χ4v) is 3.08. The largest absolute Gasteiger partial charge is 0.375 e. The number of benzene rings is 1. The molecule has 1 unspecified atom stereocenters. The molecule has 0 spiro atoms. The lowest BCUT2D eigenvalue weighted by Gasteiger charge is -2.13. The number of hydrogen-bond donors (Lipinski definition) is 2. The van der Waals surface area contributed by atoms with Crippen molar-refractivity contribution >= 4 is 32.6 Å². The molecule has 1 aromatic carbocycles. The second kappa shape index (κ2) is 4.81. The van der Waals surface area contributed by atoms with Crippen molar-refractivity contribution < 1.29 is 4.79 Å². The maximum Gasteiger partial charge on any atom is 0.251 e. The van der Waals surface area contributed by atoms with Crippen molar-refractivity contribution in [2.24, 2.45) is 5.92 Å². The summed E-state index contributed by atoms with van der Waals surface area (Å²) in [5, 5.41) is 3.59. The summed E-state index contributed by atoms with van der Waals surface area (Å²) >= 11 is 1.41. The van der Waals surface area contributed by atoms with Crippen LogP contribution >= 0.6 is 11.3 Å². The monoisotopic (exact) mass is 275 g/mol. The SMILES string of the molecule is CC(CC1CC1)NC(=O)c1ccc2nc(N)sc2c1. The number of amides is 1. The first-order valence-corrected chi connectivity index (χ1v) is 7.40. The molecule has 100 valence electrons. The van der Waals surface area contributed by atoms with Crippen LogP contribution in [0.1, 0.15) is 36.5 Å². The Bertz CT molecular complexity index is 618. The lowest BCUT2D eigenvalue weighted by Crippen LogP contribution is -2.32. The predicted octanol–water partition coefficient (Wildman–Crippen LogP) is 2.80. The number of carbonyl (C=O) groups excluding carboxylic acids is 1. The highest BCUT2D eigenvalue weighted by Crippen LogP contribution is 2.33. The number of anilines is 1. The lowest BCUT2D eigenvalue weighted by molar-refractivity contribution is 0.0937. The van der Waals surface area contributed by atoms with Crippen LogP contribution in [0.25, 0.3) is 10.2 Å². The summed E-state index contributed by atoms with van der Waals surface area (Å²) in [7, 11) is 0. The Labute approximate surface area is 116 Å². The summed E-state index contributed by atoms with van der Waals surface area (Å²) in [5.41, 5.74) is 7.20. The van der Waals surface area contributed by atoms with E-state index in [-0.39, 0.29) is 11.9 Å². The van der Waals surface area contributed by atoms with E-state index >= 15 is 0 Å². The molecule has 0 bridgehead atoms. The molecule has 1 heterocycles. The molecule has 0 saturated heterocycles. The highest BCUT2D eigenvalue weighted by Gasteiger charge is 2.24. The van der Waals surface area contributed by atoms with Crippen LogP contribution in [0.5, 0.6) is 0 Å². The molecule has 1 fully saturated rings. The first kappa shape index (κ1) is 12.4. The van der Waals surface area contributed by atoms with Crippen molar-refractivity contribution in [2.45, 2.75) is 32.2 Å². The number of nitrogens with one attached hydrogen (secondary N) is 1. The number of rotatable bonds is 4. The van der Waals surface area contributed by atoms with E-state index in [4.69, 9.17) is 5.73 Å². The van der Waals surface area contributed by atoms with Gasteiger partial charge in [0.15, 0.2) is 5.13 Å². The minimum absolute atomic E-state index is 0.0120. The summed E-state index contributed by atoms with van der Waals surface area (Å²) < 4.78 is 0.958. The zero-order valence-corrected chi connectivity index (χ0v) is 11.7. The fourth-order valence-electron chi connectivity index (χ4n) is 2.30. The number of fused-ring (bicyclic) bond motifs is 1. The van der Waals surface area contributed by atoms with Gasteiger partial charge in [-0.2, -0.15) is 0 Å². The third-order valence-electron chi connectivity index (χ3n) is 3.43. The van der Waals surface area contributed by atoms with Crippen LogP contribution in [-0.4, -0.2) is 16.9 Å². The summed E-state index contributed by atoms with van der Waals surface area (Å²) in [6, 6.07) is 5.76. The highest BCUT2D eigenvalue weighted by atomic mass is 32.1. The van der Waals surface area contributed by atoms with Crippen LogP contribution in [0.2, 0.25) is 0 Å². The fraction of sp³-hybridized carbons (Fsp3) is 0.429. The van der Waals surface area contributed by atoms with Crippen LogP contribution in [0.3, 0.4) is 0 Å². The van der Waals surface area contributed by atoms with E-state index in [1.807, 2.05) is 12.1 Å². The van der Waals surface area contributed by atoms with E-state index in [0.717, 1.165) is 22.6 Å². The molecule has 3 N–H and O–H groups in total. The number of nitrogens with zero attached hydrogens (tertiary/aromatic N) is 1. The number of nitrogens with two attached hydrogens (primary N) is 1. The molecule has 1 aromatic heterocycles. The molecule has 2 aromatic rings. The van der Waals surface area contributed by atoms with E-state index in [1.54, 1.807) is 6.07 Å². The van der Waals surface area contributed by atoms with Crippen molar-refractivity contribution in [1.29, 1.82) is 0 Å². The highest BCUT2D eigenvalue weighted by molar-refractivity contribution is 7.22. The Morgan fingerprint density at radius 3 is 3.11 bits per heavy atom. The Kier molecular flexibility index (Phi) is 3.14. The number of carbonyl (C=O) groups is 1. The lowest BCUT2D eigenvalue weighted by atomic mass is 10.1. The minimum Gasteiger partial charge on any atom is -0.375 e. The molecular weight excluding hydrogens is 258 g/mol. The summed E-state index contributed by atoms with van der Waals surface area (Å²) in [5.74, 6) is 0.807. The van der Waals surface area contributed by atoms with Gasteiger partial charge >= 0.3 is 0 Å². The normalized spacial score (nSPS) is 16.5. The molecule has 0 aliphatic heterocycles. The van der Waals surface area contributed by atoms with E-state index in [9.17, 15) is 4.79 Å². The predicted molar refractivity (Wildman–Crippen MR) is 78.3 cm³/mol. The van der Waals surface area contributed by atoms with Crippen molar-refractivity contribution in [3.05, 3.63) is 23.8 Å². The van der Waals surface area contributed by atoms with Gasteiger partial charge in [0.05, 0.1) is 10.2 Å². The quantitative estimate of drug-likeness (QED) is 0.901. The van der Waals surface area contributed by atoms with E-state index in [2.05, 4.69) is 17.2 Å². The first-order valence-electron chi connectivity index (χ1n) is 6.59. The molecule has 19 heavy (non-hydrogen) atoms. The van der Waals surface area contributed by atoms with Crippen LogP contribution in [0.15, 0.2) is 18.2 Å². The number of thiazole rings is 1. The molecule has 1 aliphatic rings. The van der Waals surface area contributed by atoms with Gasteiger partial charge in [0.25, 0.3) is 5.91 Å². The number of aromatic nitrogens is 1. The van der Waals surface area contributed by atoms with Crippen LogP contribution < -0.4 is 11.1 Å². The van der Waals surface area contributed by atoms with E-state index < -0.39 is 0 Å². The van der Waals surface area contributed by atoms with Gasteiger partial charge in [0.1, 0.15) is 0 Å². The van der Waals surface area contributed by atoms with Crippen LogP contribution in [0, 0.1) is 5.92 Å². The molecule has 4 nitrogen and oxygen atoms in total. The maximum absolute atomic E-state index is 12.1. The zero-order chi connectivity index (χ0) is 13.4. The second-order valence-corrected chi connectivity index (χ2v) is 6.35. The van der Waals surface area contributed by atoms with E-state index in [1.165, 1.54) is 24.2 Å². The Morgan fingerprint density at radius 2 is 2.37 bits per heavy atom.